The van der Waals surface area contributed by atoms with Crippen molar-refractivity contribution in [1.29, 1.82) is 0 Å². The maximum absolute atomic E-state index is 11.9. The summed E-state index contributed by atoms with van der Waals surface area (Å²) in [5, 5.41) is 0. The fraction of sp³-hybridized carbons (Fsp3) is 0.909. The lowest BCUT2D eigenvalue weighted by atomic mass is 9.91. The van der Waals surface area contributed by atoms with Crippen molar-refractivity contribution in [3.8, 4) is 0 Å². The van der Waals surface area contributed by atoms with Gasteiger partial charge in [-0.05, 0) is 31.1 Å². The fourth-order valence-electron chi connectivity index (χ4n) is 2.36. The molecule has 1 aliphatic heterocycles. The first-order chi connectivity index (χ1) is 6.70. The molecule has 0 aromatic carbocycles. The summed E-state index contributed by atoms with van der Waals surface area (Å²) in [5.74, 6) is 2.57. The number of rotatable bonds is 2. The van der Waals surface area contributed by atoms with Gasteiger partial charge in [-0.2, -0.15) is 0 Å². The van der Waals surface area contributed by atoms with Crippen LogP contribution in [0, 0.1) is 17.8 Å². The molecule has 80 valence electrons. The van der Waals surface area contributed by atoms with Crippen molar-refractivity contribution in [2.45, 2.75) is 26.2 Å². The van der Waals surface area contributed by atoms with Gasteiger partial charge in [0.2, 0.25) is 5.91 Å². The van der Waals surface area contributed by atoms with Crippen LogP contribution in [0.3, 0.4) is 0 Å². The fourth-order valence-corrected chi connectivity index (χ4v) is 2.58. The normalized spacial score (nSPS) is 33.1. The maximum atomic E-state index is 11.9. The lowest BCUT2D eigenvalue weighted by molar-refractivity contribution is -0.135. The first-order valence-corrected chi connectivity index (χ1v) is 6.09. The number of amides is 1. The van der Waals surface area contributed by atoms with Gasteiger partial charge in [0.1, 0.15) is 0 Å². The van der Waals surface area contributed by atoms with Gasteiger partial charge in [-0.3, -0.25) is 4.79 Å². The quantitative estimate of drug-likeness (QED) is 0.647. The molecule has 1 amide bonds. The summed E-state index contributed by atoms with van der Waals surface area (Å²) >= 11 is 5.87. The molecule has 0 radical (unpaired) electrons. The molecule has 0 spiro atoms. The Labute approximate surface area is 90.6 Å². The minimum absolute atomic E-state index is 0.358. The summed E-state index contributed by atoms with van der Waals surface area (Å²) in [6.07, 6.45) is 3.39. The number of likely N-dealkylation sites (tertiary alicyclic amines) is 1. The minimum atomic E-state index is 0.358. The zero-order valence-corrected chi connectivity index (χ0v) is 9.46. The molecule has 2 unspecified atom stereocenters. The van der Waals surface area contributed by atoms with Crippen LogP contribution in [-0.2, 0) is 4.79 Å². The van der Waals surface area contributed by atoms with Crippen LogP contribution in [0.5, 0.6) is 0 Å². The van der Waals surface area contributed by atoms with Crippen molar-refractivity contribution in [3.63, 3.8) is 0 Å². The zero-order chi connectivity index (χ0) is 10.1. The number of nitrogens with zero attached hydrogens (tertiary/aromatic N) is 1. The zero-order valence-electron chi connectivity index (χ0n) is 8.71. The molecule has 0 N–H and O–H groups in total. The summed E-state index contributed by atoms with van der Waals surface area (Å²) in [5.41, 5.74) is 0. The molecule has 1 saturated carbocycles. The molecular formula is C11H18ClNO. The van der Waals surface area contributed by atoms with Gasteiger partial charge in [0.15, 0.2) is 0 Å². The van der Waals surface area contributed by atoms with Gasteiger partial charge in [0.25, 0.3) is 0 Å². The molecule has 2 aliphatic rings. The van der Waals surface area contributed by atoms with Crippen molar-refractivity contribution < 1.29 is 4.79 Å². The van der Waals surface area contributed by atoms with E-state index in [0.717, 1.165) is 25.9 Å². The molecule has 2 atom stereocenters. The Morgan fingerprint density at radius 2 is 2.14 bits per heavy atom. The van der Waals surface area contributed by atoms with Crippen LogP contribution in [-0.4, -0.2) is 29.8 Å². The van der Waals surface area contributed by atoms with Gasteiger partial charge in [-0.1, -0.05) is 6.92 Å². The van der Waals surface area contributed by atoms with Crippen LogP contribution < -0.4 is 0 Å². The minimum Gasteiger partial charge on any atom is -0.342 e. The number of hydrogen-bond acceptors (Lipinski definition) is 1. The molecule has 2 rings (SSSR count). The second-order valence-corrected chi connectivity index (χ2v) is 5.19. The van der Waals surface area contributed by atoms with Gasteiger partial charge >= 0.3 is 0 Å². The molecule has 2 fully saturated rings. The van der Waals surface area contributed by atoms with E-state index in [9.17, 15) is 4.79 Å². The number of piperidine rings is 1. The van der Waals surface area contributed by atoms with E-state index in [-0.39, 0.29) is 0 Å². The molecule has 2 nitrogen and oxygen atoms in total. The van der Waals surface area contributed by atoms with Crippen LogP contribution in [0.4, 0.5) is 0 Å². The number of carbonyl (C=O) groups excluding carboxylic acids is 1. The molecule has 1 aliphatic carbocycles. The molecule has 14 heavy (non-hydrogen) atoms. The SMILES string of the molecule is CC1CC(CCl)CN(C(=O)C2CC2)C1. The van der Waals surface area contributed by atoms with Crippen molar-refractivity contribution in [1.82, 2.24) is 4.90 Å². The smallest absolute Gasteiger partial charge is 0.225 e. The van der Waals surface area contributed by atoms with E-state index in [1.807, 2.05) is 4.90 Å². The van der Waals surface area contributed by atoms with E-state index in [0.29, 0.717) is 29.5 Å². The summed E-state index contributed by atoms with van der Waals surface area (Å²) < 4.78 is 0. The lowest BCUT2D eigenvalue weighted by Crippen LogP contribution is -2.44. The van der Waals surface area contributed by atoms with Gasteiger partial charge in [0.05, 0.1) is 0 Å². The largest absolute Gasteiger partial charge is 0.342 e. The van der Waals surface area contributed by atoms with Gasteiger partial charge in [0, 0.05) is 24.9 Å². The highest BCUT2D eigenvalue weighted by Gasteiger charge is 2.36. The lowest BCUT2D eigenvalue weighted by Gasteiger charge is -2.35. The Hall–Kier alpha value is -0.240. The molecule has 3 heteroatoms. The molecule has 0 bridgehead atoms. The third kappa shape index (κ3) is 2.22. The Bertz CT molecular complexity index is 227. The van der Waals surface area contributed by atoms with Crippen LogP contribution in [0.1, 0.15) is 26.2 Å². The first kappa shape index (κ1) is 10.3. The van der Waals surface area contributed by atoms with E-state index in [1.54, 1.807) is 0 Å². The second kappa shape index (κ2) is 4.09. The standard InChI is InChI=1S/C11H18ClNO/c1-8-4-9(5-12)7-13(6-8)11(14)10-2-3-10/h8-10H,2-7H2,1H3. The summed E-state index contributed by atoms with van der Waals surface area (Å²) in [4.78, 5) is 13.9. The maximum Gasteiger partial charge on any atom is 0.225 e. The highest BCUT2D eigenvalue weighted by molar-refractivity contribution is 6.18. The monoisotopic (exact) mass is 215 g/mol. The predicted molar refractivity (Wildman–Crippen MR) is 57.3 cm³/mol. The Kier molecular flexibility index (Phi) is 3.01. The second-order valence-electron chi connectivity index (χ2n) is 4.88. The van der Waals surface area contributed by atoms with E-state index in [1.165, 1.54) is 6.42 Å². The van der Waals surface area contributed by atoms with E-state index in [4.69, 9.17) is 11.6 Å². The number of halogens is 1. The van der Waals surface area contributed by atoms with Crippen LogP contribution >= 0.6 is 11.6 Å². The van der Waals surface area contributed by atoms with Crippen LogP contribution in [0.25, 0.3) is 0 Å². The third-order valence-electron chi connectivity index (χ3n) is 3.20. The highest BCUT2D eigenvalue weighted by atomic mass is 35.5. The molecule has 1 heterocycles. The molecule has 1 saturated heterocycles. The van der Waals surface area contributed by atoms with Crippen molar-refractivity contribution in [2.24, 2.45) is 17.8 Å². The summed E-state index contributed by atoms with van der Waals surface area (Å²) in [6.45, 7) is 4.05. The summed E-state index contributed by atoms with van der Waals surface area (Å²) in [6, 6.07) is 0. The van der Waals surface area contributed by atoms with Crippen molar-refractivity contribution in [3.05, 3.63) is 0 Å². The summed E-state index contributed by atoms with van der Waals surface area (Å²) in [7, 11) is 0. The molecule has 0 aromatic heterocycles. The number of alkyl halides is 1. The predicted octanol–water partition coefficient (Wildman–Crippen LogP) is 2.12. The average Bonchev–Trinajstić information content (AvgIpc) is 2.99. The van der Waals surface area contributed by atoms with Crippen LogP contribution in [0.2, 0.25) is 0 Å². The topological polar surface area (TPSA) is 20.3 Å². The van der Waals surface area contributed by atoms with E-state index < -0.39 is 0 Å². The van der Waals surface area contributed by atoms with Gasteiger partial charge in [-0.15, -0.1) is 11.6 Å². The van der Waals surface area contributed by atoms with E-state index in [2.05, 4.69) is 6.92 Å². The Balaban J connectivity index is 1.93. The third-order valence-corrected chi connectivity index (χ3v) is 3.64. The van der Waals surface area contributed by atoms with Gasteiger partial charge < -0.3 is 4.90 Å². The molecular weight excluding hydrogens is 198 g/mol. The van der Waals surface area contributed by atoms with Crippen molar-refractivity contribution >= 4 is 17.5 Å². The number of carbonyl (C=O) groups is 1. The first-order valence-electron chi connectivity index (χ1n) is 5.55. The van der Waals surface area contributed by atoms with Gasteiger partial charge in [-0.25, -0.2) is 0 Å². The Morgan fingerprint density at radius 1 is 1.43 bits per heavy atom. The average molecular weight is 216 g/mol. The Morgan fingerprint density at radius 3 is 2.71 bits per heavy atom. The van der Waals surface area contributed by atoms with E-state index >= 15 is 0 Å². The molecule has 0 aromatic rings. The van der Waals surface area contributed by atoms with Crippen molar-refractivity contribution in [2.75, 3.05) is 19.0 Å². The van der Waals surface area contributed by atoms with Crippen LogP contribution in [0.15, 0.2) is 0 Å². The number of hydrogen-bond donors (Lipinski definition) is 0. The highest BCUT2D eigenvalue weighted by Crippen LogP contribution is 2.33.